The Morgan fingerprint density at radius 2 is 1.84 bits per heavy atom. The summed E-state index contributed by atoms with van der Waals surface area (Å²) < 4.78 is 40.6. The van der Waals surface area contributed by atoms with Gasteiger partial charge in [0.1, 0.15) is 23.4 Å². The normalized spacial score (nSPS) is 19.4. The minimum absolute atomic E-state index is 0.00999. The highest BCUT2D eigenvalue weighted by atomic mass is 35.5. The van der Waals surface area contributed by atoms with Crippen molar-refractivity contribution in [2.24, 2.45) is 0 Å². The van der Waals surface area contributed by atoms with Gasteiger partial charge in [0.25, 0.3) is 0 Å². The van der Waals surface area contributed by atoms with Gasteiger partial charge in [-0.15, -0.1) is 10.2 Å². The van der Waals surface area contributed by atoms with Crippen LogP contribution in [0, 0.1) is 11.3 Å². The quantitative estimate of drug-likeness (QED) is 0.490. The number of fused-ring (bicyclic) bond motifs is 3. The fourth-order valence-corrected chi connectivity index (χ4v) is 5.95. The number of rotatable bonds is 4. The van der Waals surface area contributed by atoms with Gasteiger partial charge in [0.05, 0.1) is 18.8 Å². The molecule has 2 saturated heterocycles. The molecule has 0 unspecified atom stereocenters. The van der Waals surface area contributed by atoms with E-state index in [2.05, 4.69) is 35.6 Å². The van der Waals surface area contributed by atoms with E-state index in [-0.39, 0.29) is 12.0 Å². The number of likely N-dealkylation sites (tertiary alicyclic amines) is 1. The highest BCUT2D eigenvalue weighted by Gasteiger charge is 2.40. The average molecular weight is 543 g/mol. The van der Waals surface area contributed by atoms with Gasteiger partial charge in [-0.25, -0.2) is 4.98 Å². The third-order valence-electron chi connectivity index (χ3n) is 7.65. The molecule has 0 radical (unpaired) electrons. The van der Waals surface area contributed by atoms with Gasteiger partial charge < -0.3 is 4.90 Å². The number of nitriles is 1. The summed E-state index contributed by atoms with van der Waals surface area (Å²) >= 11 is 6.36. The SMILES string of the molecule is N#Cc1cccc(N2CCC(c3nnc4n3-c3ccc(Cl)cc3CN(C3CN(CC(F)(F)F)C3)C4)CC2)n1. The molecule has 8 nitrogen and oxygen atoms in total. The van der Waals surface area contributed by atoms with Crippen molar-refractivity contribution in [2.75, 3.05) is 37.6 Å². The molecule has 38 heavy (non-hydrogen) atoms. The molecule has 0 N–H and O–H groups in total. The number of piperidine rings is 1. The van der Waals surface area contributed by atoms with Crippen molar-refractivity contribution in [1.82, 2.24) is 29.5 Å². The zero-order chi connectivity index (χ0) is 26.4. The van der Waals surface area contributed by atoms with Crippen molar-refractivity contribution in [1.29, 1.82) is 5.26 Å². The average Bonchev–Trinajstić information content (AvgIpc) is 3.21. The first-order valence-electron chi connectivity index (χ1n) is 12.7. The number of hydrogen-bond acceptors (Lipinski definition) is 7. The third kappa shape index (κ3) is 4.96. The van der Waals surface area contributed by atoms with Crippen LogP contribution in [0.1, 0.15) is 41.7 Å². The van der Waals surface area contributed by atoms with Gasteiger partial charge in [-0.1, -0.05) is 17.7 Å². The van der Waals surface area contributed by atoms with E-state index in [0.29, 0.717) is 36.9 Å². The van der Waals surface area contributed by atoms with Crippen molar-refractivity contribution in [3.05, 3.63) is 64.3 Å². The Morgan fingerprint density at radius 3 is 2.58 bits per heavy atom. The van der Waals surface area contributed by atoms with Crippen LogP contribution in [0.2, 0.25) is 5.02 Å². The molecule has 0 saturated carbocycles. The van der Waals surface area contributed by atoms with Crippen LogP contribution in [0.5, 0.6) is 0 Å². The zero-order valence-electron chi connectivity index (χ0n) is 20.6. The minimum atomic E-state index is -4.19. The topological polar surface area (TPSA) is 77.1 Å². The van der Waals surface area contributed by atoms with Crippen LogP contribution < -0.4 is 4.90 Å². The van der Waals surface area contributed by atoms with Crippen molar-refractivity contribution < 1.29 is 13.2 Å². The monoisotopic (exact) mass is 542 g/mol. The highest BCUT2D eigenvalue weighted by molar-refractivity contribution is 6.30. The van der Waals surface area contributed by atoms with Crippen LogP contribution in [0.25, 0.3) is 5.69 Å². The molecule has 3 aliphatic heterocycles. The van der Waals surface area contributed by atoms with Gasteiger partial charge in [0.2, 0.25) is 0 Å². The first kappa shape index (κ1) is 25.1. The maximum absolute atomic E-state index is 12.8. The Labute approximate surface area is 223 Å². The molecular formula is C26H26ClF3N8. The van der Waals surface area contributed by atoms with E-state index in [9.17, 15) is 18.4 Å². The third-order valence-corrected chi connectivity index (χ3v) is 7.88. The summed E-state index contributed by atoms with van der Waals surface area (Å²) in [6.07, 6.45) is -2.47. The lowest BCUT2D eigenvalue weighted by Crippen LogP contribution is -2.60. The molecule has 2 aromatic heterocycles. The lowest BCUT2D eigenvalue weighted by atomic mass is 9.95. The number of pyridine rings is 1. The number of aromatic nitrogens is 4. The second kappa shape index (κ2) is 9.84. The van der Waals surface area contributed by atoms with Crippen LogP contribution in [0.3, 0.4) is 0 Å². The van der Waals surface area contributed by atoms with Gasteiger partial charge in [0.15, 0.2) is 5.82 Å². The van der Waals surface area contributed by atoms with Crippen molar-refractivity contribution in [2.45, 2.75) is 44.1 Å². The predicted octanol–water partition coefficient (Wildman–Crippen LogP) is 4.13. The molecule has 0 spiro atoms. The van der Waals surface area contributed by atoms with Crippen LogP contribution in [0.4, 0.5) is 19.0 Å². The Morgan fingerprint density at radius 1 is 1.05 bits per heavy atom. The molecule has 198 valence electrons. The molecule has 6 rings (SSSR count). The maximum atomic E-state index is 12.8. The molecule has 0 atom stereocenters. The summed E-state index contributed by atoms with van der Waals surface area (Å²) in [6.45, 7) is 2.52. The lowest BCUT2D eigenvalue weighted by Gasteiger charge is -2.45. The minimum Gasteiger partial charge on any atom is -0.357 e. The summed E-state index contributed by atoms with van der Waals surface area (Å²) in [5.41, 5.74) is 2.39. The van der Waals surface area contributed by atoms with Gasteiger partial charge >= 0.3 is 6.18 Å². The van der Waals surface area contributed by atoms with Gasteiger partial charge in [-0.05, 0) is 48.7 Å². The number of anilines is 1. The summed E-state index contributed by atoms with van der Waals surface area (Å²) in [6, 6.07) is 13.4. The molecule has 12 heteroatoms. The molecule has 1 aromatic carbocycles. The van der Waals surface area contributed by atoms with E-state index in [1.54, 1.807) is 6.07 Å². The standard InChI is InChI=1S/C26H26ClF3N8/c27-19-4-5-22-18(10-19)12-37(21-13-35(14-21)16-26(28,29)30)15-24-33-34-25(38(22)24)17-6-8-36(9-7-17)23-3-1-2-20(11-31)32-23/h1-5,10,17,21H,6-9,12-16H2. The molecule has 2 fully saturated rings. The Kier molecular flexibility index (Phi) is 6.50. The first-order valence-corrected chi connectivity index (χ1v) is 13.0. The molecule has 0 amide bonds. The van der Waals surface area contributed by atoms with E-state index in [4.69, 9.17) is 11.6 Å². The summed E-state index contributed by atoms with van der Waals surface area (Å²) in [5, 5.41) is 19.0. The summed E-state index contributed by atoms with van der Waals surface area (Å²) in [5.74, 6) is 2.68. The van der Waals surface area contributed by atoms with Crippen LogP contribution in [-0.4, -0.2) is 74.5 Å². The van der Waals surface area contributed by atoms with Crippen LogP contribution in [-0.2, 0) is 13.1 Å². The Balaban J connectivity index is 1.23. The molecule has 0 aliphatic carbocycles. The summed E-state index contributed by atoms with van der Waals surface area (Å²) in [4.78, 5) is 10.2. The largest absolute Gasteiger partial charge is 0.401 e. The molecule has 5 heterocycles. The Hall–Kier alpha value is -3.20. The van der Waals surface area contributed by atoms with E-state index < -0.39 is 12.7 Å². The lowest BCUT2D eigenvalue weighted by molar-refractivity contribution is -0.161. The predicted molar refractivity (Wildman–Crippen MR) is 135 cm³/mol. The van der Waals surface area contributed by atoms with Gasteiger partial charge in [0, 0.05) is 49.7 Å². The van der Waals surface area contributed by atoms with Gasteiger partial charge in [-0.3, -0.25) is 14.4 Å². The van der Waals surface area contributed by atoms with Crippen molar-refractivity contribution in [3.8, 4) is 11.8 Å². The van der Waals surface area contributed by atoms with E-state index in [1.807, 2.05) is 30.3 Å². The molecule has 3 aliphatic rings. The smallest absolute Gasteiger partial charge is 0.357 e. The van der Waals surface area contributed by atoms with E-state index in [0.717, 1.165) is 54.6 Å². The van der Waals surface area contributed by atoms with Gasteiger partial charge in [-0.2, -0.15) is 18.4 Å². The number of alkyl halides is 3. The fraction of sp³-hybridized carbons (Fsp3) is 0.462. The van der Waals surface area contributed by atoms with E-state index in [1.165, 1.54) is 4.90 Å². The zero-order valence-corrected chi connectivity index (χ0v) is 21.3. The first-order chi connectivity index (χ1) is 18.3. The number of halogens is 4. The fourth-order valence-electron chi connectivity index (χ4n) is 5.76. The number of nitrogens with zero attached hydrogens (tertiary/aromatic N) is 8. The van der Waals surface area contributed by atoms with Crippen molar-refractivity contribution in [3.63, 3.8) is 0 Å². The van der Waals surface area contributed by atoms with Crippen molar-refractivity contribution >= 4 is 17.4 Å². The van der Waals surface area contributed by atoms with Crippen LogP contribution in [0.15, 0.2) is 36.4 Å². The molecule has 0 bridgehead atoms. The second-order valence-corrected chi connectivity index (χ2v) is 10.6. The maximum Gasteiger partial charge on any atom is 0.401 e. The second-order valence-electron chi connectivity index (χ2n) is 10.2. The van der Waals surface area contributed by atoms with Crippen LogP contribution >= 0.6 is 11.6 Å². The highest BCUT2D eigenvalue weighted by Crippen LogP contribution is 2.35. The number of benzene rings is 1. The molecule has 3 aromatic rings. The van der Waals surface area contributed by atoms with E-state index >= 15 is 0 Å². The Bertz CT molecular complexity index is 1370. The summed E-state index contributed by atoms with van der Waals surface area (Å²) in [7, 11) is 0. The number of hydrogen-bond donors (Lipinski definition) is 0. The molecular weight excluding hydrogens is 517 g/mol.